The van der Waals surface area contributed by atoms with E-state index in [0.717, 1.165) is 12.0 Å². The SMILES string of the molecule is CCc1ccc(C(F)(F)CN)cc1Br. The van der Waals surface area contributed by atoms with Gasteiger partial charge in [-0.3, -0.25) is 0 Å². The number of rotatable bonds is 3. The highest BCUT2D eigenvalue weighted by Crippen LogP contribution is 2.30. The van der Waals surface area contributed by atoms with Gasteiger partial charge in [0.1, 0.15) is 0 Å². The van der Waals surface area contributed by atoms with Crippen LogP contribution in [0.2, 0.25) is 0 Å². The van der Waals surface area contributed by atoms with E-state index in [9.17, 15) is 8.78 Å². The van der Waals surface area contributed by atoms with Crippen molar-refractivity contribution in [1.29, 1.82) is 0 Å². The minimum atomic E-state index is -2.94. The van der Waals surface area contributed by atoms with Crippen molar-refractivity contribution in [3.63, 3.8) is 0 Å². The molecule has 4 heteroatoms. The van der Waals surface area contributed by atoms with Gasteiger partial charge in [0.05, 0.1) is 6.54 Å². The summed E-state index contributed by atoms with van der Waals surface area (Å²) in [6, 6.07) is 4.56. The standard InChI is InChI=1S/C10H12BrF2N/c1-2-7-3-4-8(5-9(7)11)10(12,13)6-14/h3-5H,2,6,14H2,1H3. The van der Waals surface area contributed by atoms with Crippen LogP contribution in [0.15, 0.2) is 22.7 Å². The summed E-state index contributed by atoms with van der Waals surface area (Å²) in [6.45, 7) is 1.31. The number of benzene rings is 1. The Kier molecular flexibility index (Phi) is 3.61. The molecule has 0 aromatic heterocycles. The predicted molar refractivity (Wildman–Crippen MR) is 56.5 cm³/mol. The van der Waals surface area contributed by atoms with Crippen molar-refractivity contribution in [2.24, 2.45) is 5.73 Å². The monoisotopic (exact) mass is 263 g/mol. The summed E-state index contributed by atoms with van der Waals surface area (Å²) in [5, 5.41) is 0. The Morgan fingerprint density at radius 3 is 2.50 bits per heavy atom. The lowest BCUT2D eigenvalue weighted by atomic mass is 10.1. The maximum atomic E-state index is 13.2. The smallest absolute Gasteiger partial charge is 0.285 e. The van der Waals surface area contributed by atoms with Crippen LogP contribution < -0.4 is 5.73 Å². The molecule has 0 heterocycles. The molecule has 1 rings (SSSR count). The third-order valence-corrected chi connectivity index (χ3v) is 2.85. The van der Waals surface area contributed by atoms with Crippen LogP contribution in [-0.2, 0) is 12.3 Å². The van der Waals surface area contributed by atoms with Gasteiger partial charge in [-0.2, -0.15) is 8.78 Å². The van der Waals surface area contributed by atoms with Gasteiger partial charge in [-0.1, -0.05) is 35.0 Å². The average Bonchev–Trinajstić information content (AvgIpc) is 2.17. The first-order valence-corrected chi connectivity index (χ1v) is 5.17. The van der Waals surface area contributed by atoms with Crippen molar-refractivity contribution in [3.8, 4) is 0 Å². The first kappa shape index (κ1) is 11.6. The van der Waals surface area contributed by atoms with Gasteiger partial charge in [0.15, 0.2) is 0 Å². The summed E-state index contributed by atoms with van der Waals surface area (Å²) in [5.41, 5.74) is 5.97. The number of alkyl halides is 2. The van der Waals surface area contributed by atoms with Gasteiger partial charge in [-0.25, -0.2) is 0 Å². The topological polar surface area (TPSA) is 26.0 Å². The van der Waals surface area contributed by atoms with Crippen molar-refractivity contribution < 1.29 is 8.78 Å². The van der Waals surface area contributed by atoms with Crippen LogP contribution in [0, 0.1) is 0 Å². The summed E-state index contributed by atoms with van der Waals surface area (Å²) < 4.78 is 27.0. The highest BCUT2D eigenvalue weighted by atomic mass is 79.9. The first-order valence-electron chi connectivity index (χ1n) is 4.38. The third-order valence-electron chi connectivity index (χ3n) is 2.11. The molecule has 1 aromatic rings. The quantitative estimate of drug-likeness (QED) is 0.892. The molecule has 0 aliphatic rings. The van der Waals surface area contributed by atoms with Gasteiger partial charge in [-0.05, 0) is 18.1 Å². The zero-order chi connectivity index (χ0) is 10.8. The predicted octanol–water partition coefficient (Wildman–Crippen LogP) is 3.06. The van der Waals surface area contributed by atoms with E-state index < -0.39 is 12.5 Å². The molecule has 0 aliphatic carbocycles. The minimum Gasteiger partial charge on any atom is -0.325 e. The van der Waals surface area contributed by atoms with Gasteiger partial charge in [0.25, 0.3) is 5.92 Å². The Hall–Kier alpha value is -0.480. The number of aryl methyl sites for hydroxylation is 1. The lowest BCUT2D eigenvalue weighted by molar-refractivity contribution is 0.00588. The molecule has 0 amide bonds. The van der Waals surface area contributed by atoms with E-state index >= 15 is 0 Å². The molecule has 1 nitrogen and oxygen atoms in total. The number of halogens is 3. The van der Waals surface area contributed by atoms with Crippen molar-refractivity contribution >= 4 is 15.9 Å². The number of hydrogen-bond donors (Lipinski definition) is 1. The van der Waals surface area contributed by atoms with E-state index in [1.165, 1.54) is 12.1 Å². The fourth-order valence-electron chi connectivity index (χ4n) is 1.18. The first-order chi connectivity index (χ1) is 6.51. The molecule has 0 spiro atoms. The van der Waals surface area contributed by atoms with Crippen LogP contribution >= 0.6 is 15.9 Å². The third kappa shape index (κ3) is 2.30. The average molecular weight is 264 g/mol. The van der Waals surface area contributed by atoms with Crippen LogP contribution in [-0.4, -0.2) is 6.54 Å². The molecule has 0 saturated heterocycles. The van der Waals surface area contributed by atoms with Gasteiger partial charge in [0.2, 0.25) is 0 Å². The van der Waals surface area contributed by atoms with Crippen LogP contribution in [0.4, 0.5) is 8.78 Å². The lowest BCUT2D eigenvalue weighted by Gasteiger charge is -2.15. The van der Waals surface area contributed by atoms with E-state index in [2.05, 4.69) is 15.9 Å². The van der Waals surface area contributed by atoms with E-state index in [1.54, 1.807) is 6.07 Å². The van der Waals surface area contributed by atoms with Crippen molar-refractivity contribution in [2.75, 3.05) is 6.54 Å². The molecule has 0 aliphatic heterocycles. The normalized spacial score (nSPS) is 11.8. The Morgan fingerprint density at radius 2 is 2.07 bits per heavy atom. The fraction of sp³-hybridized carbons (Fsp3) is 0.400. The van der Waals surface area contributed by atoms with E-state index in [0.29, 0.717) is 4.47 Å². The molecule has 78 valence electrons. The Balaban J connectivity index is 3.08. The summed E-state index contributed by atoms with van der Waals surface area (Å²) >= 11 is 3.25. The summed E-state index contributed by atoms with van der Waals surface area (Å²) in [4.78, 5) is 0. The summed E-state index contributed by atoms with van der Waals surface area (Å²) in [6.07, 6.45) is 0.815. The van der Waals surface area contributed by atoms with Crippen LogP contribution in [0.25, 0.3) is 0 Å². The Labute approximate surface area is 90.4 Å². The van der Waals surface area contributed by atoms with Gasteiger partial charge in [-0.15, -0.1) is 0 Å². The van der Waals surface area contributed by atoms with Crippen LogP contribution in [0.5, 0.6) is 0 Å². The molecule has 0 unspecified atom stereocenters. The molecule has 0 saturated carbocycles. The van der Waals surface area contributed by atoms with E-state index in [1.807, 2.05) is 6.92 Å². The van der Waals surface area contributed by atoms with E-state index in [4.69, 9.17) is 5.73 Å². The Morgan fingerprint density at radius 1 is 1.43 bits per heavy atom. The molecule has 14 heavy (non-hydrogen) atoms. The minimum absolute atomic E-state index is 0.0379. The summed E-state index contributed by atoms with van der Waals surface area (Å²) in [7, 11) is 0. The van der Waals surface area contributed by atoms with Crippen LogP contribution in [0.3, 0.4) is 0 Å². The second-order valence-corrected chi connectivity index (χ2v) is 3.92. The molecule has 0 atom stereocenters. The highest BCUT2D eigenvalue weighted by Gasteiger charge is 2.29. The highest BCUT2D eigenvalue weighted by molar-refractivity contribution is 9.10. The largest absolute Gasteiger partial charge is 0.325 e. The molecule has 0 radical (unpaired) electrons. The molecular formula is C10H12BrF2N. The summed E-state index contributed by atoms with van der Waals surface area (Å²) in [5.74, 6) is -2.94. The second kappa shape index (κ2) is 4.36. The van der Waals surface area contributed by atoms with Crippen molar-refractivity contribution in [2.45, 2.75) is 19.3 Å². The van der Waals surface area contributed by atoms with Gasteiger partial charge < -0.3 is 5.73 Å². The van der Waals surface area contributed by atoms with Gasteiger partial charge >= 0.3 is 0 Å². The Bertz CT molecular complexity index is 326. The van der Waals surface area contributed by atoms with Crippen molar-refractivity contribution in [3.05, 3.63) is 33.8 Å². The fourth-order valence-corrected chi connectivity index (χ4v) is 1.84. The molecule has 1 aromatic carbocycles. The van der Waals surface area contributed by atoms with Gasteiger partial charge in [0, 0.05) is 10.0 Å². The van der Waals surface area contributed by atoms with Crippen LogP contribution in [0.1, 0.15) is 18.1 Å². The number of nitrogens with two attached hydrogens (primary N) is 1. The molecular weight excluding hydrogens is 252 g/mol. The maximum absolute atomic E-state index is 13.2. The molecule has 0 bridgehead atoms. The zero-order valence-corrected chi connectivity index (χ0v) is 9.44. The zero-order valence-electron chi connectivity index (χ0n) is 7.86. The molecule has 2 N–H and O–H groups in total. The van der Waals surface area contributed by atoms with E-state index in [-0.39, 0.29) is 5.56 Å². The maximum Gasteiger partial charge on any atom is 0.285 e. The second-order valence-electron chi connectivity index (χ2n) is 3.07. The molecule has 0 fully saturated rings. The number of hydrogen-bond acceptors (Lipinski definition) is 1. The lowest BCUT2D eigenvalue weighted by Crippen LogP contribution is -2.25. The van der Waals surface area contributed by atoms with Crippen molar-refractivity contribution in [1.82, 2.24) is 0 Å².